The topological polar surface area (TPSA) is 64.4 Å². The Labute approximate surface area is 165 Å². The molecule has 0 aliphatic heterocycles. The van der Waals surface area contributed by atoms with E-state index in [0.29, 0.717) is 17.1 Å². The average molecular weight is 404 g/mol. The predicted molar refractivity (Wildman–Crippen MR) is 101 cm³/mol. The lowest BCUT2D eigenvalue weighted by Gasteiger charge is -2.14. The highest BCUT2D eigenvalue weighted by atomic mass is 19.4. The third kappa shape index (κ3) is 4.42. The molecule has 0 bridgehead atoms. The molecule has 1 heterocycles. The van der Waals surface area contributed by atoms with Gasteiger partial charge in [-0.1, -0.05) is 35.5 Å². The van der Waals surface area contributed by atoms with Crippen LogP contribution in [0, 0.1) is 20.8 Å². The Bertz CT molecular complexity index is 1020. The highest BCUT2D eigenvalue weighted by molar-refractivity contribution is 6.04. The minimum Gasteiger partial charge on any atom is -0.488 e. The summed E-state index contributed by atoms with van der Waals surface area (Å²) in [7, 11) is 0. The van der Waals surface area contributed by atoms with Crippen LogP contribution in [-0.4, -0.2) is 11.1 Å². The fraction of sp³-hybridized carbons (Fsp3) is 0.238. The number of nitrogens with zero attached hydrogens (tertiary/aromatic N) is 1. The molecule has 29 heavy (non-hydrogen) atoms. The highest BCUT2D eigenvalue weighted by Crippen LogP contribution is 2.35. The third-order valence-electron chi connectivity index (χ3n) is 4.45. The maximum absolute atomic E-state index is 13.2. The van der Waals surface area contributed by atoms with Crippen molar-refractivity contribution in [3.05, 3.63) is 76.2 Å². The molecule has 0 spiro atoms. The predicted octanol–water partition coefficient (Wildman–Crippen LogP) is 5.45. The molecule has 1 amide bonds. The molecule has 0 radical (unpaired) electrons. The van der Waals surface area contributed by atoms with Gasteiger partial charge in [0.05, 0.1) is 16.8 Å². The van der Waals surface area contributed by atoms with Gasteiger partial charge in [-0.2, -0.15) is 13.2 Å². The fourth-order valence-electron chi connectivity index (χ4n) is 2.93. The minimum atomic E-state index is -4.60. The molecule has 0 saturated carbocycles. The molecular formula is C21H19F3N2O3. The Morgan fingerprint density at radius 2 is 1.72 bits per heavy atom. The van der Waals surface area contributed by atoms with E-state index in [4.69, 9.17) is 9.26 Å². The van der Waals surface area contributed by atoms with E-state index in [1.807, 2.05) is 32.0 Å². The standard InChI is InChI=1S/C21H19F3N2O3/c1-12-7-6-8-13(2)19(12)28-11-15-14(3)29-26-18(15)20(27)25-17-10-5-4-9-16(17)21(22,23)24/h4-10H,11H2,1-3H3,(H,25,27). The second kappa shape index (κ2) is 7.98. The van der Waals surface area contributed by atoms with Crippen LogP contribution in [0.2, 0.25) is 0 Å². The first-order valence-electron chi connectivity index (χ1n) is 8.80. The van der Waals surface area contributed by atoms with Crippen molar-refractivity contribution >= 4 is 11.6 Å². The number of aromatic nitrogens is 1. The quantitative estimate of drug-likeness (QED) is 0.614. The van der Waals surface area contributed by atoms with E-state index in [1.54, 1.807) is 6.92 Å². The molecule has 3 aromatic rings. The van der Waals surface area contributed by atoms with Crippen LogP contribution in [0.1, 0.15) is 38.5 Å². The van der Waals surface area contributed by atoms with Gasteiger partial charge in [-0.15, -0.1) is 0 Å². The lowest BCUT2D eigenvalue weighted by Crippen LogP contribution is -2.18. The highest BCUT2D eigenvalue weighted by Gasteiger charge is 2.34. The van der Waals surface area contributed by atoms with Crippen LogP contribution in [0.25, 0.3) is 0 Å². The summed E-state index contributed by atoms with van der Waals surface area (Å²) in [5, 5.41) is 5.98. The number of halogens is 3. The van der Waals surface area contributed by atoms with Crippen molar-refractivity contribution < 1.29 is 27.2 Å². The van der Waals surface area contributed by atoms with Crippen LogP contribution in [0.4, 0.5) is 18.9 Å². The summed E-state index contributed by atoms with van der Waals surface area (Å²) in [4.78, 5) is 12.6. The van der Waals surface area contributed by atoms with E-state index in [9.17, 15) is 18.0 Å². The molecule has 0 aliphatic rings. The molecule has 5 nitrogen and oxygen atoms in total. The molecule has 0 saturated heterocycles. The summed E-state index contributed by atoms with van der Waals surface area (Å²) < 4.78 is 50.4. The second-order valence-electron chi connectivity index (χ2n) is 6.57. The lowest BCUT2D eigenvalue weighted by atomic mass is 10.1. The van der Waals surface area contributed by atoms with Gasteiger partial charge in [-0.3, -0.25) is 4.79 Å². The van der Waals surface area contributed by atoms with Crippen LogP contribution < -0.4 is 10.1 Å². The summed E-state index contributed by atoms with van der Waals surface area (Å²) >= 11 is 0. The molecule has 0 aliphatic carbocycles. The largest absolute Gasteiger partial charge is 0.488 e. The number of para-hydroxylation sites is 2. The molecule has 0 fully saturated rings. The maximum Gasteiger partial charge on any atom is 0.418 e. The van der Waals surface area contributed by atoms with Crippen molar-refractivity contribution in [2.75, 3.05) is 5.32 Å². The Morgan fingerprint density at radius 1 is 1.07 bits per heavy atom. The molecule has 0 unspecified atom stereocenters. The Hall–Kier alpha value is -3.29. The van der Waals surface area contributed by atoms with E-state index in [1.165, 1.54) is 18.2 Å². The van der Waals surface area contributed by atoms with Crippen molar-refractivity contribution in [3.8, 4) is 5.75 Å². The van der Waals surface area contributed by atoms with Crippen molar-refractivity contribution in [1.29, 1.82) is 0 Å². The van der Waals surface area contributed by atoms with Gasteiger partial charge in [0, 0.05) is 0 Å². The Morgan fingerprint density at radius 3 is 2.38 bits per heavy atom. The number of aryl methyl sites for hydroxylation is 3. The molecule has 1 N–H and O–H groups in total. The molecule has 0 atom stereocenters. The zero-order valence-electron chi connectivity index (χ0n) is 16.1. The fourth-order valence-corrected chi connectivity index (χ4v) is 2.93. The number of amides is 1. The number of carbonyl (C=O) groups is 1. The van der Waals surface area contributed by atoms with E-state index in [0.717, 1.165) is 17.2 Å². The van der Waals surface area contributed by atoms with Gasteiger partial charge in [0.15, 0.2) is 5.69 Å². The number of benzene rings is 2. The van der Waals surface area contributed by atoms with Crippen molar-refractivity contribution in [2.24, 2.45) is 0 Å². The summed E-state index contributed by atoms with van der Waals surface area (Å²) in [6, 6.07) is 10.4. The molecule has 8 heteroatoms. The van der Waals surface area contributed by atoms with Crippen LogP contribution in [0.5, 0.6) is 5.75 Å². The number of alkyl halides is 3. The monoisotopic (exact) mass is 404 g/mol. The average Bonchev–Trinajstić information content (AvgIpc) is 3.02. The van der Waals surface area contributed by atoms with Crippen molar-refractivity contribution in [3.63, 3.8) is 0 Å². The SMILES string of the molecule is Cc1cccc(C)c1OCc1c(C(=O)Nc2ccccc2C(F)(F)F)noc1C. The van der Waals surface area contributed by atoms with E-state index >= 15 is 0 Å². The smallest absolute Gasteiger partial charge is 0.418 e. The zero-order valence-corrected chi connectivity index (χ0v) is 16.1. The van der Waals surface area contributed by atoms with Gasteiger partial charge in [-0.05, 0) is 44.0 Å². The van der Waals surface area contributed by atoms with E-state index in [-0.39, 0.29) is 18.0 Å². The van der Waals surface area contributed by atoms with Gasteiger partial charge in [0.25, 0.3) is 5.91 Å². The van der Waals surface area contributed by atoms with E-state index < -0.39 is 17.6 Å². The third-order valence-corrected chi connectivity index (χ3v) is 4.45. The van der Waals surface area contributed by atoms with Gasteiger partial charge in [0.1, 0.15) is 18.1 Å². The molecule has 152 valence electrons. The van der Waals surface area contributed by atoms with Crippen LogP contribution >= 0.6 is 0 Å². The van der Waals surface area contributed by atoms with Crippen LogP contribution in [-0.2, 0) is 12.8 Å². The van der Waals surface area contributed by atoms with Crippen molar-refractivity contribution in [2.45, 2.75) is 33.6 Å². The summed E-state index contributed by atoms with van der Waals surface area (Å²) in [5.74, 6) is 0.214. The Balaban J connectivity index is 1.84. The van der Waals surface area contributed by atoms with Gasteiger partial charge >= 0.3 is 6.18 Å². The number of nitrogens with one attached hydrogen (secondary N) is 1. The lowest BCUT2D eigenvalue weighted by molar-refractivity contribution is -0.136. The molecule has 3 rings (SSSR count). The Kier molecular flexibility index (Phi) is 5.63. The number of carbonyl (C=O) groups excluding carboxylic acids is 1. The second-order valence-corrected chi connectivity index (χ2v) is 6.57. The minimum absolute atomic E-state index is 0.00923. The van der Waals surface area contributed by atoms with E-state index in [2.05, 4.69) is 10.5 Å². The first-order valence-corrected chi connectivity index (χ1v) is 8.80. The number of hydrogen-bond acceptors (Lipinski definition) is 4. The maximum atomic E-state index is 13.2. The van der Waals surface area contributed by atoms with Crippen LogP contribution in [0.15, 0.2) is 47.0 Å². The van der Waals surface area contributed by atoms with Gasteiger partial charge < -0.3 is 14.6 Å². The molecule has 1 aromatic heterocycles. The van der Waals surface area contributed by atoms with Gasteiger partial charge in [-0.25, -0.2) is 0 Å². The van der Waals surface area contributed by atoms with Crippen molar-refractivity contribution in [1.82, 2.24) is 5.16 Å². The van der Waals surface area contributed by atoms with Gasteiger partial charge in [0.2, 0.25) is 0 Å². The number of ether oxygens (including phenoxy) is 1. The number of anilines is 1. The summed E-state index contributed by atoms with van der Waals surface area (Å²) in [6.07, 6.45) is -4.60. The zero-order chi connectivity index (χ0) is 21.2. The number of hydrogen-bond donors (Lipinski definition) is 1. The van der Waals surface area contributed by atoms with Crippen LogP contribution in [0.3, 0.4) is 0 Å². The molecular weight excluding hydrogens is 385 g/mol. The first kappa shape index (κ1) is 20.4. The molecule has 2 aromatic carbocycles. The normalized spacial score (nSPS) is 11.4. The summed E-state index contributed by atoms with van der Waals surface area (Å²) in [5.41, 5.74) is 0.794. The first-order chi connectivity index (χ1) is 13.7. The number of rotatable bonds is 5. The summed E-state index contributed by atoms with van der Waals surface area (Å²) in [6.45, 7) is 5.39.